The van der Waals surface area contributed by atoms with E-state index in [2.05, 4.69) is 36.1 Å². The molecular weight excluding hydrogens is 456 g/mol. The lowest BCUT2D eigenvalue weighted by Crippen LogP contribution is -2.15. The number of aryl methyl sites for hydroxylation is 2. The number of benzene rings is 3. The van der Waals surface area contributed by atoms with Crippen LogP contribution in [0.3, 0.4) is 0 Å². The van der Waals surface area contributed by atoms with E-state index in [1.165, 1.54) is 16.8 Å². The average Bonchev–Trinajstić information content (AvgIpc) is 3.12. The molecular formula is C28H28N4O4. The molecule has 8 heteroatoms. The Bertz CT molecular complexity index is 1540. The molecule has 1 heterocycles. The van der Waals surface area contributed by atoms with Gasteiger partial charge in [-0.3, -0.25) is 9.89 Å². The van der Waals surface area contributed by atoms with Crippen molar-refractivity contribution >= 4 is 17.3 Å². The molecule has 0 saturated heterocycles. The summed E-state index contributed by atoms with van der Waals surface area (Å²) in [5.41, 5.74) is 4.16. The molecule has 1 aromatic heterocycles. The molecule has 0 amide bonds. The number of aromatic carboxylic acids is 1. The van der Waals surface area contributed by atoms with Gasteiger partial charge in [-0.1, -0.05) is 45.0 Å². The lowest BCUT2D eigenvalue weighted by molar-refractivity contribution is 0.0697. The zero-order valence-corrected chi connectivity index (χ0v) is 20.8. The summed E-state index contributed by atoms with van der Waals surface area (Å²) in [4.78, 5) is 24.5. The summed E-state index contributed by atoms with van der Waals surface area (Å²) in [6.45, 7) is 9.94. The third kappa shape index (κ3) is 4.84. The van der Waals surface area contributed by atoms with Crippen molar-refractivity contribution in [2.75, 3.05) is 0 Å². The van der Waals surface area contributed by atoms with Gasteiger partial charge >= 0.3 is 5.97 Å². The lowest BCUT2D eigenvalue weighted by atomic mass is 9.87. The number of phenols is 1. The van der Waals surface area contributed by atoms with Crippen LogP contribution in [0.5, 0.6) is 5.75 Å². The largest absolute Gasteiger partial charge is 0.505 e. The molecule has 0 bridgehead atoms. The van der Waals surface area contributed by atoms with Gasteiger partial charge in [-0.2, -0.15) is 0 Å². The van der Waals surface area contributed by atoms with Crippen LogP contribution >= 0.6 is 0 Å². The number of aromatic hydroxyl groups is 1. The van der Waals surface area contributed by atoms with Crippen molar-refractivity contribution in [1.82, 2.24) is 9.78 Å². The first-order valence-electron chi connectivity index (χ1n) is 11.5. The fourth-order valence-corrected chi connectivity index (χ4v) is 3.93. The highest BCUT2D eigenvalue weighted by Gasteiger charge is 2.17. The molecule has 3 N–H and O–H groups in total. The molecule has 0 aliphatic carbocycles. The Hall–Kier alpha value is -4.46. The van der Waals surface area contributed by atoms with Gasteiger partial charge < -0.3 is 10.2 Å². The number of azo groups is 1. The van der Waals surface area contributed by atoms with Crippen LogP contribution < -0.4 is 5.56 Å². The zero-order chi connectivity index (χ0) is 26.2. The Balaban J connectivity index is 1.71. The van der Waals surface area contributed by atoms with Gasteiger partial charge in [0.2, 0.25) is 0 Å². The monoisotopic (exact) mass is 484 g/mol. The lowest BCUT2D eigenvalue weighted by Gasteiger charge is -2.19. The predicted octanol–water partition coefficient (Wildman–Crippen LogP) is 6.57. The first-order chi connectivity index (χ1) is 17.0. The van der Waals surface area contributed by atoms with E-state index in [0.717, 1.165) is 11.1 Å². The summed E-state index contributed by atoms with van der Waals surface area (Å²) in [5, 5.41) is 31.6. The van der Waals surface area contributed by atoms with Crippen molar-refractivity contribution < 1.29 is 15.0 Å². The minimum absolute atomic E-state index is 0.00186. The molecule has 0 aliphatic rings. The minimum Gasteiger partial charge on any atom is -0.505 e. The van der Waals surface area contributed by atoms with E-state index in [-0.39, 0.29) is 33.7 Å². The zero-order valence-electron chi connectivity index (χ0n) is 20.8. The topological polar surface area (TPSA) is 120 Å². The van der Waals surface area contributed by atoms with E-state index >= 15 is 0 Å². The first kappa shape index (κ1) is 24.7. The van der Waals surface area contributed by atoms with Gasteiger partial charge in [0.05, 0.1) is 16.9 Å². The summed E-state index contributed by atoms with van der Waals surface area (Å²) >= 11 is 0. The number of carbonyl (C=O) groups is 1. The maximum absolute atomic E-state index is 13.1. The fourth-order valence-electron chi connectivity index (χ4n) is 3.93. The van der Waals surface area contributed by atoms with E-state index in [0.29, 0.717) is 22.5 Å². The average molecular weight is 485 g/mol. The van der Waals surface area contributed by atoms with Gasteiger partial charge in [0.1, 0.15) is 5.69 Å². The highest BCUT2D eigenvalue weighted by atomic mass is 16.4. The van der Waals surface area contributed by atoms with Gasteiger partial charge in [0.15, 0.2) is 11.4 Å². The number of aromatic nitrogens is 2. The van der Waals surface area contributed by atoms with Crippen molar-refractivity contribution in [2.24, 2.45) is 10.2 Å². The van der Waals surface area contributed by atoms with Crippen LogP contribution in [0.15, 0.2) is 75.7 Å². The van der Waals surface area contributed by atoms with E-state index in [9.17, 15) is 19.8 Å². The Morgan fingerprint density at radius 2 is 1.67 bits per heavy atom. The van der Waals surface area contributed by atoms with Gasteiger partial charge in [0.25, 0.3) is 5.56 Å². The van der Waals surface area contributed by atoms with Crippen molar-refractivity contribution in [1.29, 1.82) is 0 Å². The quantitative estimate of drug-likeness (QED) is 0.278. The predicted molar refractivity (Wildman–Crippen MR) is 139 cm³/mol. The standard InChI is InChI=1S/C28H28N4O4/c1-16-13-22(18-7-6-8-19(15-18)27(35)36)25(33)23(14-16)29-30-24-17(2)31-32(26(24)34)21-11-9-20(10-12-21)28(3,4)5/h6-15,31,33H,1-5H3,(H,35,36). The van der Waals surface area contributed by atoms with E-state index in [4.69, 9.17) is 0 Å². The van der Waals surface area contributed by atoms with E-state index in [1.54, 1.807) is 31.2 Å². The fraction of sp³-hybridized carbons (Fsp3) is 0.214. The summed E-state index contributed by atoms with van der Waals surface area (Å²) in [7, 11) is 0. The number of nitrogens with zero attached hydrogens (tertiary/aromatic N) is 3. The molecule has 184 valence electrons. The molecule has 0 spiro atoms. The van der Waals surface area contributed by atoms with E-state index < -0.39 is 5.97 Å². The third-order valence-corrected chi connectivity index (χ3v) is 5.94. The van der Waals surface area contributed by atoms with Crippen LogP contribution in [-0.4, -0.2) is 26.0 Å². The minimum atomic E-state index is -1.06. The number of hydrogen-bond donors (Lipinski definition) is 3. The molecule has 0 unspecified atom stereocenters. The second kappa shape index (κ2) is 9.30. The molecule has 4 aromatic rings. The number of hydrogen-bond acceptors (Lipinski definition) is 5. The molecule has 0 aliphatic heterocycles. The number of rotatable bonds is 5. The maximum Gasteiger partial charge on any atom is 0.335 e. The van der Waals surface area contributed by atoms with Gasteiger partial charge in [-0.05, 0) is 72.4 Å². The summed E-state index contributed by atoms with van der Waals surface area (Å²) in [5.74, 6) is -1.21. The molecule has 4 rings (SSSR count). The number of H-pyrrole nitrogens is 1. The Labute approximate surface area is 208 Å². The molecule has 8 nitrogen and oxygen atoms in total. The van der Waals surface area contributed by atoms with Crippen LogP contribution in [0.4, 0.5) is 11.4 Å². The first-order valence-corrected chi connectivity index (χ1v) is 11.5. The van der Waals surface area contributed by atoms with Gasteiger partial charge in [-0.25, -0.2) is 9.48 Å². The van der Waals surface area contributed by atoms with Crippen molar-refractivity contribution in [3.05, 3.63) is 93.4 Å². The van der Waals surface area contributed by atoms with Crippen LogP contribution in [0.1, 0.15) is 48.0 Å². The normalized spacial score (nSPS) is 11.8. The van der Waals surface area contributed by atoms with Crippen LogP contribution in [0, 0.1) is 13.8 Å². The molecule has 0 saturated carbocycles. The Morgan fingerprint density at radius 1 is 0.972 bits per heavy atom. The summed E-state index contributed by atoms with van der Waals surface area (Å²) < 4.78 is 1.41. The SMILES string of the molecule is Cc1cc(N=Nc2c(C)[nH]n(-c3ccc(C(C)(C)C)cc3)c2=O)c(O)c(-c2cccc(C(=O)O)c2)c1. The maximum atomic E-state index is 13.1. The third-order valence-electron chi connectivity index (χ3n) is 5.94. The second-order valence-electron chi connectivity index (χ2n) is 9.79. The molecule has 3 aromatic carbocycles. The summed E-state index contributed by atoms with van der Waals surface area (Å²) in [6.07, 6.45) is 0. The molecule has 0 fully saturated rings. The second-order valence-corrected chi connectivity index (χ2v) is 9.79. The van der Waals surface area contributed by atoms with Crippen LogP contribution in [0.25, 0.3) is 16.8 Å². The number of nitrogens with one attached hydrogen (secondary N) is 1. The van der Waals surface area contributed by atoms with Crippen LogP contribution in [-0.2, 0) is 5.41 Å². The highest BCUT2D eigenvalue weighted by molar-refractivity contribution is 5.90. The Morgan fingerprint density at radius 3 is 2.31 bits per heavy atom. The number of phenolic OH excluding ortho intramolecular Hbond substituents is 1. The summed E-state index contributed by atoms with van der Waals surface area (Å²) in [6, 6.07) is 17.4. The van der Waals surface area contributed by atoms with Gasteiger partial charge in [0, 0.05) is 5.56 Å². The van der Waals surface area contributed by atoms with Crippen LogP contribution in [0.2, 0.25) is 0 Å². The van der Waals surface area contributed by atoms with Crippen molar-refractivity contribution in [3.8, 4) is 22.6 Å². The number of carboxylic acids is 1. The van der Waals surface area contributed by atoms with E-state index in [1.807, 2.05) is 31.2 Å². The molecule has 0 radical (unpaired) electrons. The number of carboxylic acid groups (broad SMARTS) is 1. The van der Waals surface area contributed by atoms with Gasteiger partial charge in [-0.15, -0.1) is 10.2 Å². The molecule has 36 heavy (non-hydrogen) atoms. The highest BCUT2D eigenvalue weighted by Crippen LogP contribution is 2.39. The smallest absolute Gasteiger partial charge is 0.335 e. The molecule has 0 atom stereocenters. The van der Waals surface area contributed by atoms with Crippen molar-refractivity contribution in [2.45, 2.75) is 40.0 Å². The Kier molecular flexibility index (Phi) is 6.37. The van der Waals surface area contributed by atoms with Crippen molar-refractivity contribution in [3.63, 3.8) is 0 Å². The number of aromatic amines is 1.